The van der Waals surface area contributed by atoms with E-state index in [9.17, 15) is 9.59 Å². The van der Waals surface area contributed by atoms with Gasteiger partial charge in [0.25, 0.3) is 0 Å². The maximum Gasteiger partial charge on any atom is 0.411 e. The molecule has 0 atom stereocenters. The van der Waals surface area contributed by atoms with Crippen LogP contribution in [0.25, 0.3) is 16.9 Å². The van der Waals surface area contributed by atoms with E-state index in [2.05, 4.69) is 15.4 Å². The number of ether oxygens (including phenoxy) is 1. The molecule has 0 saturated carbocycles. The molecule has 4 rings (SSSR count). The minimum Gasteiger partial charge on any atom is -0.448 e. The standard InChI is InChI=1S/C21H17ClN4O3S/c1-13-10-17(14-4-2-5-15(11-14)25-21(28)29-8-7-22)26-20(24-13)16(12-23-26)19(27)18-6-3-9-30-18/h2-6,9-12H,7-8H2,1H3,(H,25,28). The second-order valence-corrected chi connectivity index (χ2v) is 7.74. The number of alkyl halides is 1. The highest BCUT2D eigenvalue weighted by atomic mass is 35.5. The summed E-state index contributed by atoms with van der Waals surface area (Å²) in [7, 11) is 0. The van der Waals surface area contributed by atoms with Crippen molar-refractivity contribution in [1.82, 2.24) is 14.6 Å². The van der Waals surface area contributed by atoms with Crippen molar-refractivity contribution in [1.29, 1.82) is 0 Å². The van der Waals surface area contributed by atoms with Gasteiger partial charge in [0, 0.05) is 16.9 Å². The molecule has 0 bridgehead atoms. The molecule has 1 amide bonds. The van der Waals surface area contributed by atoms with Gasteiger partial charge >= 0.3 is 6.09 Å². The number of carbonyl (C=O) groups is 2. The number of hydrogen-bond acceptors (Lipinski definition) is 6. The number of carbonyl (C=O) groups excluding carboxylic acids is 2. The van der Waals surface area contributed by atoms with Crippen LogP contribution in [0.5, 0.6) is 0 Å². The molecule has 0 aliphatic heterocycles. The predicted octanol–water partition coefficient (Wildman–Crippen LogP) is 4.78. The summed E-state index contributed by atoms with van der Waals surface area (Å²) in [4.78, 5) is 29.8. The van der Waals surface area contributed by atoms with Crippen LogP contribution in [0.15, 0.2) is 54.0 Å². The second-order valence-electron chi connectivity index (χ2n) is 6.41. The van der Waals surface area contributed by atoms with Gasteiger partial charge in [-0.05, 0) is 36.6 Å². The van der Waals surface area contributed by atoms with E-state index in [0.717, 1.165) is 17.0 Å². The summed E-state index contributed by atoms with van der Waals surface area (Å²) in [5, 5.41) is 8.94. The Hall–Kier alpha value is -3.23. The summed E-state index contributed by atoms with van der Waals surface area (Å²) in [6, 6.07) is 12.8. The van der Waals surface area contributed by atoms with Gasteiger partial charge in [-0.15, -0.1) is 22.9 Å². The first kappa shape index (κ1) is 20.1. The van der Waals surface area contributed by atoms with Crippen molar-refractivity contribution in [3.8, 4) is 11.3 Å². The van der Waals surface area contributed by atoms with E-state index in [0.29, 0.717) is 21.8 Å². The van der Waals surface area contributed by atoms with Crippen molar-refractivity contribution >= 4 is 46.1 Å². The molecular formula is C21H17ClN4O3S. The average Bonchev–Trinajstić information content (AvgIpc) is 3.41. The second kappa shape index (κ2) is 8.64. The zero-order valence-electron chi connectivity index (χ0n) is 16.0. The van der Waals surface area contributed by atoms with Gasteiger partial charge in [0.15, 0.2) is 5.65 Å². The van der Waals surface area contributed by atoms with Gasteiger partial charge in [0.2, 0.25) is 5.78 Å². The Morgan fingerprint density at radius 1 is 1.23 bits per heavy atom. The highest BCUT2D eigenvalue weighted by molar-refractivity contribution is 7.12. The van der Waals surface area contributed by atoms with Crippen molar-refractivity contribution in [2.75, 3.05) is 17.8 Å². The molecule has 3 heterocycles. The van der Waals surface area contributed by atoms with Crippen LogP contribution in [0.3, 0.4) is 0 Å². The summed E-state index contributed by atoms with van der Waals surface area (Å²) in [6.07, 6.45) is 0.964. The van der Waals surface area contributed by atoms with Crippen LogP contribution >= 0.6 is 22.9 Å². The van der Waals surface area contributed by atoms with E-state index < -0.39 is 6.09 Å². The number of rotatable bonds is 6. The van der Waals surface area contributed by atoms with E-state index in [4.69, 9.17) is 16.3 Å². The van der Waals surface area contributed by atoms with E-state index in [1.165, 1.54) is 11.3 Å². The smallest absolute Gasteiger partial charge is 0.411 e. The Morgan fingerprint density at radius 2 is 2.10 bits per heavy atom. The number of nitrogens with one attached hydrogen (secondary N) is 1. The third-order valence-electron chi connectivity index (χ3n) is 4.30. The lowest BCUT2D eigenvalue weighted by molar-refractivity contribution is 0.104. The monoisotopic (exact) mass is 440 g/mol. The fraction of sp³-hybridized carbons (Fsp3) is 0.143. The molecule has 152 valence electrons. The van der Waals surface area contributed by atoms with Crippen LogP contribution in [0.2, 0.25) is 0 Å². The SMILES string of the molecule is Cc1cc(-c2cccc(NC(=O)OCCCl)c2)n2ncc(C(=O)c3cccs3)c2n1. The van der Waals surface area contributed by atoms with E-state index in [1.807, 2.05) is 36.6 Å². The maximum absolute atomic E-state index is 12.8. The lowest BCUT2D eigenvalue weighted by atomic mass is 10.1. The summed E-state index contributed by atoms with van der Waals surface area (Å²) in [5.74, 6) is 0.120. The molecule has 0 unspecified atom stereocenters. The molecule has 7 nitrogen and oxygen atoms in total. The van der Waals surface area contributed by atoms with Crippen molar-refractivity contribution in [2.45, 2.75) is 6.92 Å². The maximum atomic E-state index is 12.8. The molecule has 0 radical (unpaired) electrons. The minimum absolute atomic E-state index is 0.110. The zero-order valence-corrected chi connectivity index (χ0v) is 17.5. The van der Waals surface area contributed by atoms with Crippen molar-refractivity contribution in [3.05, 3.63) is 70.2 Å². The van der Waals surface area contributed by atoms with Crippen LogP contribution in [0, 0.1) is 6.92 Å². The summed E-state index contributed by atoms with van der Waals surface area (Å²) in [5.41, 5.74) is 3.80. The first-order chi connectivity index (χ1) is 14.6. The Kier molecular flexibility index (Phi) is 5.78. The molecule has 1 aromatic carbocycles. The third-order valence-corrected chi connectivity index (χ3v) is 5.33. The Morgan fingerprint density at radius 3 is 2.87 bits per heavy atom. The van der Waals surface area contributed by atoms with Crippen LogP contribution in [-0.4, -0.2) is 39.0 Å². The number of fused-ring (bicyclic) bond motifs is 1. The van der Waals surface area contributed by atoms with Gasteiger partial charge in [-0.25, -0.2) is 14.3 Å². The zero-order chi connectivity index (χ0) is 21.1. The van der Waals surface area contributed by atoms with Crippen LogP contribution < -0.4 is 5.32 Å². The topological polar surface area (TPSA) is 85.6 Å². The molecule has 0 fully saturated rings. The first-order valence-corrected chi connectivity index (χ1v) is 10.5. The number of ketones is 1. The fourth-order valence-corrected chi connectivity index (χ4v) is 3.79. The molecule has 0 aliphatic rings. The molecule has 0 aliphatic carbocycles. The number of halogens is 1. The number of nitrogens with zero attached hydrogens (tertiary/aromatic N) is 3. The van der Waals surface area contributed by atoms with Crippen molar-refractivity contribution < 1.29 is 14.3 Å². The van der Waals surface area contributed by atoms with Gasteiger partial charge in [-0.3, -0.25) is 10.1 Å². The normalized spacial score (nSPS) is 10.9. The largest absolute Gasteiger partial charge is 0.448 e. The lowest BCUT2D eigenvalue weighted by Crippen LogP contribution is -2.14. The molecule has 3 aromatic heterocycles. The number of benzene rings is 1. The molecule has 0 saturated heterocycles. The number of anilines is 1. The van der Waals surface area contributed by atoms with Gasteiger partial charge in [-0.2, -0.15) is 5.10 Å². The highest BCUT2D eigenvalue weighted by Gasteiger charge is 2.19. The Bertz CT molecular complexity index is 1220. The summed E-state index contributed by atoms with van der Waals surface area (Å²) < 4.78 is 6.59. The van der Waals surface area contributed by atoms with Crippen molar-refractivity contribution in [2.24, 2.45) is 0 Å². The van der Waals surface area contributed by atoms with E-state index >= 15 is 0 Å². The van der Waals surface area contributed by atoms with Gasteiger partial charge in [0.1, 0.15) is 6.61 Å². The van der Waals surface area contributed by atoms with Gasteiger partial charge < -0.3 is 4.74 Å². The van der Waals surface area contributed by atoms with Gasteiger partial charge in [-0.1, -0.05) is 18.2 Å². The number of amides is 1. The number of hydrogen-bond donors (Lipinski definition) is 1. The highest BCUT2D eigenvalue weighted by Crippen LogP contribution is 2.26. The Balaban J connectivity index is 1.72. The Labute approximate surface area is 181 Å². The van der Waals surface area contributed by atoms with Crippen LogP contribution in [0.1, 0.15) is 20.9 Å². The molecule has 30 heavy (non-hydrogen) atoms. The summed E-state index contributed by atoms with van der Waals surface area (Å²) >= 11 is 6.92. The molecule has 0 spiro atoms. The third kappa shape index (κ3) is 4.05. The first-order valence-electron chi connectivity index (χ1n) is 9.10. The minimum atomic E-state index is -0.577. The van der Waals surface area contributed by atoms with Crippen LogP contribution in [0.4, 0.5) is 10.5 Å². The van der Waals surface area contributed by atoms with Crippen LogP contribution in [-0.2, 0) is 4.74 Å². The summed E-state index contributed by atoms with van der Waals surface area (Å²) in [6.45, 7) is 1.99. The van der Waals surface area contributed by atoms with Gasteiger partial charge in [0.05, 0.1) is 28.2 Å². The number of aromatic nitrogens is 3. The quantitative estimate of drug-likeness (QED) is 0.344. The number of aryl methyl sites for hydroxylation is 1. The van der Waals surface area contributed by atoms with Crippen molar-refractivity contribution in [3.63, 3.8) is 0 Å². The molecule has 1 N–H and O–H groups in total. The lowest BCUT2D eigenvalue weighted by Gasteiger charge is -2.10. The fourth-order valence-electron chi connectivity index (χ4n) is 3.03. The molecule has 4 aromatic rings. The average molecular weight is 441 g/mol. The predicted molar refractivity (Wildman–Crippen MR) is 117 cm³/mol. The van der Waals surface area contributed by atoms with E-state index in [-0.39, 0.29) is 18.3 Å². The molecular weight excluding hydrogens is 424 g/mol. The van der Waals surface area contributed by atoms with E-state index in [1.54, 1.807) is 28.9 Å². The molecule has 9 heteroatoms. The number of thiophene rings is 1.